The minimum absolute atomic E-state index is 0.106. The summed E-state index contributed by atoms with van der Waals surface area (Å²) in [6, 6.07) is 0. The lowest BCUT2D eigenvalue weighted by atomic mass is 10.2. The van der Waals surface area contributed by atoms with E-state index in [1.807, 2.05) is 0 Å². The van der Waals surface area contributed by atoms with E-state index in [1.54, 1.807) is 4.90 Å². The molecule has 0 radical (unpaired) electrons. The maximum Gasteiger partial charge on any atom is 0.284 e. The van der Waals surface area contributed by atoms with Crippen LogP contribution in [-0.2, 0) is 4.74 Å². The maximum atomic E-state index is 12.7. The molecule has 0 N–H and O–H groups in total. The first-order valence-corrected chi connectivity index (χ1v) is 3.91. The Hall–Kier alpha value is -0.640. The van der Waals surface area contributed by atoms with Crippen molar-refractivity contribution in [2.24, 2.45) is 0 Å². The molecule has 0 aromatic rings. The summed E-state index contributed by atoms with van der Waals surface area (Å²) in [7, 11) is 0. The minimum Gasteiger partial charge on any atom is -0.378 e. The van der Waals surface area contributed by atoms with Crippen LogP contribution in [0.4, 0.5) is 8.78 Å². The van der Waals surface area contributed by atoms with Gasteiger partial charge < -0.3 is 9.64 Å². The molecule has 1 saturated heterocycles. The Bertz CT molecular complexity index is 170. The lowest BCUT2D eigenvalue weighted by molar-refractivity contribution is -0.00425. The fourth-order valence-electron chi connectivity index (χ4n) is 1.11. The molecule has 1 fully saturated rings. The van der Waals surface area contributed by atoms with Crippen molar-refractivity contribution in [2.45, 2.75) is 12.8 Å². The van der Waals surface area contributed by atoms with Crippen LogP contribution in [0.15, 0.2) is 12.3 Å². The molecule has 70 valence electrons. The predicted octanol–water partition coefficient (Wildman–Crippen LogP) is 1.49. The van der Waals surface area contributed by atoms with Gasteiger partial charge in [-0.05, 0) is 0 Å². The highest BCUT2D eigenvalue weighted by Crippen LogP contribution is 2.24. The van der Waals surface area contributed by atoms with E-state index < -0.39 is 5.92 Å². The first-order chi connectivity index (χ1) is 5.52. The molecule has 1 aliphatic rings. The number of nitrogens with zero attached hydrogens (tertiary/aromatic N) is 1. The van der Waals surface area contributed by atoms with Crippen molar-refractivity contribution in [2.75, 3.05) is 26.3 Å². The lowest BCUT2D eigenvalue weighted by Gasteiger charge is -2.32. The first kappa shape index (κ1) is 9.45. The van der Waals surface area contributed by atoms with Crippen LogP contribution in [0.2, 0.25) is 0 Å². The summed E-state index contributed by atoms with van der Waals surface area (Å²) in [5.74, 6) is -2.81. The van der Waals surface area contributed by atoms with Gasteiger partial charge in [-0.2, -0.15) is 0 Å². The zero-order valence-corrected chi connectivity index (χ0v) is 7.15. The molecule has 4 heteroatoms. The van der Waals surface area contributed by atoms with Crippen LogP contribution in [0.3, 0.4) is 0 Å². The summed E-state index contributed by atoms with van der Waals surface area (Å²) < 4.78 is 30.5. The van der Waals surface area contributed by atoms with Crippen molar-refractivity contribution in [3.05, 3.63) is 12.3 Å². The van der Waals surface area contributed by atoms with Crippen LogP contribution in [0.1, 0.15) is 6.92 Å². The van der Waals surface area contributed by atoms with Gasteiger partial charge in [-0.25, -0.2) is 8.78 Å². The molecule has 1 rings (SSSR count). The average molecular weight is 177 g/mol. The number of alkyl halides is 2. The van der Waals surface area contributed by atoms with Gasteiger partial charge in [-0.3, -0.25) is 0 Å². The molecule has 0 aromatic carbocycles. The zero-order chi connectivity index (χ0) is 9.19. The molecule has 0 atom stereocenters. The zero-order valence-electron chi connectivity index (χ0n) is 7.15. The van der Waals surface area contributed by atoms with Crippen molar-refractivity contribution >= 4 is 0 Å². The van der Waals surface area contributed by atoms with E-state index in [0.29, 0.717) is 26.3 Å². The Morgan fingerprint density at radius 3 is 2.33 bits per heavy atom. The number of rotatable bonds is 2. The average Bonchev–Trinajstić information content (AvgIpc) is 2.03. The molecule has 0 unspecified atom stereocenters. The van der Waals surface area contributed by atoms with Crippen LogP contribution in [0, 0.1) is 0 Å². The van der Waals surface area contributed by atoms with E-state index in [4.69, 9.17) is 4.74 Å². The standard InChI is InChI=1S/C8H13F2NO/c1-7(8(2,9)10)11-3-5-12-6-4-11/h1,3-6H2,2H3. The Morgan fingerprint density at radius 1 is 1.42 bits per heavy atom. The summed E-state index contributed by atoms with van der Waals surface area (Å²) in [4.78, 5) is 1.57. The molecule has 0 aromatic heterocycles. The van der Waals surface area contributed by atoms with Crippen LogP contribution < -0.4 is 0 Å². The number of hydrogen-bond acceptors (Lipinski definition) is 2. The summed E-state index contributed by atoms with van der Waals surface area (Å²) in [5, 5.41) is 0. The summed E-state index contributed by atoms with van der Waals surface area (Å²) in [5.41, 5.74) is -0.106. The number of allylic oxidation sites excluding steroid dienone is 1. The monoisotopic (exact) mass is 177 g/mol. The molecule has 0 saturated carbocycles. The van der Waals surface area contributed by atoms with Crippen molar-refractivity contribution < 1.29 is 13.5 Å². The number of ether oxygens (including phenoxy) is 1. The van der Waals surface area contributed by atoms with Gasteiger partial charge in [0.05, 0.1) is 18.9 Å². The number of morpholine rings is 1. The number of hydrogen-bond donors (Lipinski definition) is 0. The number of halogens is 2. The Balaban J connectivity index is 2.51. The van der Waals surface area contributed by atoms with E-state index in [9.17, 15) is 8.78 Å². The molecule has 12 heavy (non-hydrogen) atoms. The van der Waals surface area contributed by atoms with Crippen LogP contribution in [-0.4, -0.2) is 37.1 Å². The highest BCUT2D eigenvalue weighted by molar-refractivity contribution is 5.05. The molecule has 0 spiro atoms. The van der Waals surface area contributed by atoms with Gasteiger partial charge in [0.2, 0.25) is 0 Å². The third kappa shape index (κ3) is 2.17. The molecule has 2 nitrogen and oxygen atoms in total. The quantitative estimate of drug-likeness (QED) is 0.633. The second-order valence-electron chi connectivity index (χ2n) is 2.93. The predicted molar refractivity (Wildman–Crippen MR) is 42.2 cm³/mol. The van der Waals surface area contributed by atoms with Crippen LogP contribution >= 0.6 is 0 Å². The smallest absolute Gasteiger partial charge is 0.284 e. The second kappa shape index (κ2) is 3.39. The van der Waals surface area contributed by atoms with Crippen LogP contribution in [0.5, 0.6) is 0 Å². The molecule has 1 aliphatic heterocycles. The summed E-state index contributed by atoms with van der Waals surface area (Å²) in [6.45, 7) is 6.29. The Kier molecular flexibility index (Phi) is 2.67. The molecule has 0 bridgehead atoms. The van der Waals surface area contributed by atoms with E-state index in [1.165, 1.54) is 0 Å². The Labute approximate surface area is 70.8 Å². The van der Waals surface area contributed by atoms with Gasteiger partial charge in [0, 0.05) is 20.0 Å². The van der Waals surface area contributed by atoms with E-state index in [2.05, 4.69) is 6.58 Å². The van der Waals surface area contributed by atoms with E-state index in [-0.39, 0.29) is 5.70 Å². The van der Waals surface area contributed by atoms with Crippen LogP contribution in [0.25, 0.3) is 0 Å². The largest absolute Gasteiger partial charge is 0.378 e. The maximum absolute atomic E-state index is 12.7. The molecule has 0 aliphatic carbocycles. The molecular weight excluding hydrogens is 164 g/mol. The van der Waals surface area contributed by atoms with Gasteiger partial charge in [-0.15, -0.1) is 0 Å². The normalized spacial score (nSPS) is 19.4. The van der Waals surface area contributed by atoms with E-state index in [0.717, 1.165) is 6.92 Å². The molecule has 1 heterocycles. The SMILES string of the molecule is C=C(N1CCOCC1)C(C)(F)F. The van der Waals surface area contributed by atoms with Gasteiger partial charge in [0.1, 0.15) is 0 Å². The third-order valence-electron chi connectivity index (χ3n) is 1.90. The lowest BCUT2D eigenvalue weighted by Crippen LogP contribution is -2.40. The van der Waals surface area contributed by atoms with Crippen molar-refractivity contribution in [3.8, 4) is 0 Å². The Morgan fingerprint density at radius 2 is 1.92 bits per heavy atom. The van der Waals surface area contributed by atoms with Gasteiger partial charge in [-0.1, -0.05) is 6.58 Å². The topological polar surface area (TPSA) is 12.5 Å². The minimum atomic E-state index is -2.81. The molecular formula is C8H13F2NO. The van der Waals surface area contributed by atoms with Gasteiger partial charge in [0.25, 0.3) is 5.92 Å². The second-order valence-corrected chi connectivity index (χ2v) is 2.93. The molecule has 0 amide bonds. The first-order valence-electron chi connectivity index (χ1n) is 3.91. The summed E-state index contributed by atoms with van der Waals surface area (Å²) >= 11 is 0. The van der Waals surface area contributed by atoms with E-state index >= 15 is 0 Å². The highest BCUT2D eigenvalue weighted by Gasteiger charge is 2.30. The van der Waals surface area contributed by atoms with Gasteiger partial charge >= 0.3 is 0 Å². The van der Waals surface area contributed by atoms with Crippen molar-refractivity contribution in [1.82, 2.24) is 4.90 Å². The van der Waals surface area contributed by atoms with Crippen molar-refractivity contribution in [1.29, 1.82) is 0 Å². The highest BCUT2D eigenvalue weighted by atomic mass is 19.3. The fourth-order valence-corrected chi connectivity index (χ4v) is 1.11. The fraction of sp³-hybridized carbons (Fsp3) is 0.750. The van der Waals surface area contributed by atoms with Gasteiger partial charge in [0.15, 0.2) is 0 Å². The summed E-state index contributed by atoms with van der Waals surface area (Å²) in [6.07, 6.45) is 0. The van der Waals surface area contributed by atoms with Crippen molar-refractivity contribution in [3.63, 3.8) is 0 Å². The third-order valence-corrected chi connectivity index (χ3v) is 1.90.